The van der Waals surface area contributed by atoms with E-state index < -0.39 is 43.6 Å². The molecule has 2 amide bonds. The average Bonchev–Trinajstić information content (AvgIpc) is 2.74. The molecule has 0 bridgehead atoms. The van der Waals surface area contributed by atoms with Gasteiger partial charge in [-0.1, -0.05) is 6.07 Å². The standard InChI is InChI=1S/C21H25F2N3O4S/c1-14(27)19-13-17(6-9-24-19)25-20(28)26-10-7-15(8-11-26)21(2,23)31(29,30)18-5-3-4-16(22)12-18/h3-6,9,12-15,27H,7-8,10-11H2,1-2H3,(H,24,25,28)/t14-,21?/m1/s1. The summed E-state index contributed by atoms with van der Waals surface area (Å²) in [6.07, 6.45) is 0.972. The van der Waals surface area contributed by atoms with Gasteiger partial charge in [0.1, 0.15) is 5.82 Å². The number of aromatic nitrogens is 1. The van der Waals surface area contributed by atoms with E-state index in [4.69, 9.17) is 0 Å². The number of rotatable bonds is 5. The summed E-state index contributed by atoms with van der Waals surface area (Å²) in [7, 11) is -4.42. The Balaban J connectivity index is 1.65. The number of benzene rings is 1. The molecule has 1 fully saturated rings. The molecule has 0 radical (unpaired) electrons. The molecule has 1 unspecified atom stereocenters. The molecule has 1 aliphatic heterocycles. The van der Waals surface area contributed by atoms with Crippen molar-refractivity contribution in [2.75, 3.05) is 18.4 Å². The van der Waals surface area contributed by atoms with E-state index in [1.54, 1.807) is 19.1 Å². The number of pyridine rings is 1. The molecule has 168 valence electrons. The monoisotopic (exact) mass is 453 g/mol. The van der Waals surface area contributed by atoms with E-state index in [9.17, 15) is 22.7 Å². The summed E-state index contributed by atoms with van der Waals surface area (Å²) in [5, 5.41) is 9.72. The number of nitrogens with zero attached hydrogens (tertiary/aromatic N) is 2. The molecule has 2 heterocycles. The number of amides is 2. The van der Waals surface area contributed by atoms with Gasteiger partial charge >= 0.3 is 6.03 Å². The summed E-state index contributed by atoms with van der Waals surface area (Å²) in [5.41, 5.74) is 0.870. The van der Waals surface area contributed by atoms with Crippen LogP contribution in [0.2, 0.25) is 0 Å². The number of sulfone groups is 1. The summed E-state index contributed by atoms with van der Waals surface area (Å²) >= 11 is 0. The Morgan fingerprint density at radius 3 is 2.58 bits per heavy atom. The predicted octanol–water partition coefficient (Wildman–Crippen LogP) is 3.68. The number of halogens is 2. The molecular weight excluding hydrogens is 428 g/mol. The van der Waals surface area contributed by atoms with Gasteiger partial charge in [0.05, 0.1) is 16.7 Å². The van der Waals surface area contributed by atoms with Gasteiger partial charge in [0.15, 0.2) is 0 Å². The summed E-state index contributed by atoms with van der Waals surface area (Å²) < 4.78 is 54.5. The Morgan fingerprint density at radius 1 is 1.29 bits per heavy atom. The van der Waals surface area contributed by atoms with Crippen LogP contribution < -0.4 is 5.32 Å². The lowest BCUT2D eigenvalue weighted by Gasteiger charge is -2.37. The van der Waals surface area contributed by atoms with Gasteiger partial charge in [-0.15, -0.1) is 0 Å². The van der Waals surface area contributed by atoms with E-state index in [2.05, 4.69) is 10.3 Å². The highest BCUT2D eigenvalue weighted by Gasteiger charge is 2.48. The molecular formula is C21H25F2N3O4S. The number of alkyl halides is 1. The number of carbonyl (C=O) groups is 1. The lowest BCUT2D eigenvalue weighted by Crippen LogP contribution is -2.48. The van der Waals surface area contributed by atoms with E-state index in [0.717, 1.165) is 19.1 Å². The Hall–Kier alpha value is -2.59. The molecule has 1 aromatic carbocycles. The number of carbonyl (C=O) groups excluding carboxylic acids is 1. The number of anilines is 1. The third kappa shape index (κ3) is 4.85. The first kappa shape index (κ1) is 23.1. The summed E-state index contributed by atoms with van der Waals surface area (Å²) in [6, 6.07) is 7.04. The fraction of sp³-hybridized carbons (Fsp3) is 0.429. The Bertz CT molecular complexity index is 1050. The number of likely N-dealkylation sites (tertiary alicyclic amines) is 1. The van der Waals surface area contributed by atoms with E-state index in [1.165, 1.54) is 23.2 Å². The number of aliphatic hydroxyl groups excluding tert-OH is 1. The highest BCUT2D eigenvalue weighted by Crippen LogP contribution is 2.39. The first-order valence-electron chi connectivity index (χ1n) is 9.91. The quantitative estimate of drug-likeness (QED) is 0.720. The number of hydrogen-bond acceptors (Lipinski definition) is 5. The zero-order chi connectivity index (χ0) is 22.8. The van der Waals surface area contributed by atoms with Crippen LogP contribution >= 0.6 is 0 Å². The number of nitrogens with one attached hydrogen (secondary N) is 1. The molecule has 3 rings (SSSR count). The van der Waals surface area contributed by atoms with Gasteiger partial charge in [0, 0.05) is 30.9 Å². The zero-order valence-electron chi connectivity index (χ0n) is 17.3. The first-order valence-corrected chi connectivity index (χ1v) is 11.4. The molecule has 0 saturated carbocycles. The van der Waals surface area contributed by atoms with Crippen molar-refractivity contribution in [1.82, 2.24) is 9.88 Å². The van der Waals surface area contributed by atoms with Gasteiger partial charge in [-0.2, -0.15) is 0 Å². The van der Waals surface area contributed by atoms with Crippen molar-refractivity contribution >= 4 is 21.6 Å². The van der Waals surface area contributed by atoms with Crippen LogP contribution in [0.4, 0.5) is 19.3 Å². The molecule has 2 N–H and O–H groups in total. The molecule has 0 aliphatic carbocycles. The van der Waals surface area contributed by atoms with Crippen molar-refractivity contribution < 1.29 is 27.1 Å². The van der Waals surface area contributed by atoms with Crippen molar-refractivity contribution in [3.63, 3.8) is 0 Å². The van der Waals surface area contributed by atoms with Gasteiger partial charge in [-0.05, 0) is 57.0 Å². The largest absolute Gasteiger partial charge is 0.387 e. The van der Waals surface area contributed by atoms with E-state index in [-0.39, 0.29) is 25.9 Å². The maximum Gasteiger partial charge on any atom is 0.321 e. The van der Waals surface area contributed by atoms with Crippen LogP contribution in [-0.2, 0) is 9.84 Å². The van der Waals surface area contributed by atoms with Crippen LogP contribution in [0.15, 0.2) is 47.5 Å². The fourth-order valence-corrected chi connectivity index (χ4v) is 5.30. The van der Waals surface area contributed by atoms with E-state index in [1.807, 2.05) is 0 Å². The van der Waals surface area contributed by atoms with E-state index in [0.29, 0.717) is 11.4 Å². The minimum atomic E-state index is -4.42. The molecule has 2 aromatic rings. The van der Waals surface area contributed by atoms with Gasteiger partial charge in [0.2, 0.25) is 14.8 Å². The van der Waals surface area contributed by atoms with Crippen LogP contribution in [0.1, 0.15) is 38.5 Å². The predicted molar refractivity (Wildman–Crippen MR) is 111 cm³/mol. The normalized spacial score (nSPS) is 18.3. The van der Waals surface area contributed by atoms with Gasteiger partial charge in [-0.3, -0.25) is 4.98 Å². The molecule has 2 atom stereocenters. The molecule has 1 aliphatic rings. The average molecular weight is 454 g/mol. The summed E-state index contributed by atoms with van der Waals surface area (Å²) in [4.78, 5) is 17.6. The first-order chi connectivity index (χ1) is 14.5. The molecule has 31 heavy (non-hydrogen) atoms. The maximum atomic E-state index is 15.5. The Kier molecular flexibility index (Phi) is 6.61. The van der Waals surface area contributed by atoms with Crippen molar-refractivity contribution in [1.29, 1.82) is 0 Å². The van der Waals surface area contributed by atoms with Gasteiger partial charge in [-0.25, -0.2) is 22.0 Å². The Morgan fingerprint density at radius 2 is 1.97 bits per heavy atom. The number of urea groups is 1. The van der Waals surface area contributed by atoms with Crippen LogP contribution in [-0.4, -0.2) is 47.5 Å². The molecule has 1 aromatic heterocycles. The number of piperidine rings is 1. The zero-order valence-corrected chi connectivity index (χ0v) is 18.1. The summed E-state index contributed by atoms with van der Waals surface area (Å²) in [5.74, 6) is -1.59. The SMILES string of the molecule is C[C@@H](O)c1cc(NC(=O)N2CCC(C(C)(F)S(=O)(=O)c3cccc(F)c3)CC2)ccn1. The second kappa shape index (κ2) is 8.88. The Labute approximate surface area is 180 Å². The second-order valence-electron chi connectivity index (χ2n) is 7.78. The lowest BCUT2D eigenvalue weighted by molar-refractivity contribution is 0.117. The third-order valence-electron chi connectivity index (χ3n) is 5.60. The number of hydrogen-bond donors (Lipinski definition) is 2. The highest BCUT2D eigenvalue weighted by molar-refractivity contribution is 7.92. The van der Waals surface area contributed by atoms with Crippen molar-refractivity contribution in [3.05, 3.63) is 54.1 Å². The van der Waals surface area contributed by atoms with E-state index >= 15 is 4.39 Å². The number of aliphatic hydroxyl groups is 1. The van der Waals surface area contributed by atoms with Gasteiger partial charge in [0.25, 0.3) is 0 Å². The smallest absolute Gasteiger partial charge is 0.321 e. The molecule has 7 nitrogen and oxygen atoms in total. The minimum absolute atomic E-state index is 0.143. The summed E-state index contributed by atoms with van der Waals surface area (Å²) in [6.45, 7) is 2.90. The van der Waals surface area contributed by atoms with Crippen LogP contribution in [0, 0.1) is 11.7 Å². The van der Waals surface area contributed by atoms with Crippen LogP contribution in [0.3, 0.4) is 0 Å². The van der Waals surface area contributed by atoms with Crippen molar-refractivity contribution in [3.8, 4) is 0 Å². The lowest BCUT2D eigenvalue weighted by atomic mass is 9.92. The second-order valence-corrected chi connectivity index (χ2v) is 10.1. The van der Waals surface area contributed by atoms with Crippen LogP contribution in [0.25, 0.3) is 0 Å². The molecule has 10 heteroatoms. The van der Waals surface area contributed by atoms with Crippen molar-refractivity contribution in [2.24, 2.45) is 5.92 Å². The molecule has 1 saturated heterocycles. The molecule has 0 spiro atoms. The maximum absolute atomic E-state index is 15.5. The van der Waals surface area contributed by atoms with Gasteiger partial charge < -0.3 is 15.3 Å². The highest BCUT2D eigenvalue weighted by atomic mass is 32.2. The van der Waals surface area contributed by atoms with Crippen molar-refractivity contribution in [2.45, 2.75) is 42.7 Å². The third-order valence-corrected chi connectivity index (χ3v) is 7.86. The van der Waals surface area contributed by atoms with Crippen LogP contribution in [0.5, 0.6) is 0 Å². The fourth-order valence-electron chi connectivity index (χ4n) is 3.64. The topological polar surface area (TPSA) is 99.6 Å². The minimum Gasteiger partial charge on any atom is -0.387 e.